The van der Waals surface area contributed by atoms with Crippen molar-refractivity contribution in [3.63, 3.8) is 0 Å². The summed E-state index contributed by atoms with van der Waals surface area (Å²) in [5, 5.41) is 3.75. The molecule has 1 aromatic heterocycles. The highest BCUT2D eigenvalue weighted by atomic mass is 79.9. The van der Waals surface area contributed by atoms with E-state index >= 15 is 0 Å². The second-order valence-electron chi connectivity index (χ2n) is 4.73. The predicted octanol–water partition coefficient (Wildman–Crippen LogP) is 2.92. The fourth-order valence-corrected chi connectivity index (χ4v) is 2.27. The van der Waals surface area contributed by atoms with E-state index in [2.05, 4.69) is 31.2 Å². The zero-order chi connectivity index (χ0) is 13.9. The van der Waals surface area contributed by atoms with Crippen LogP contribution in [0, 0.1) is 0 Å². The molecule has 1 heterocycles. The van der Waals surface area contributed by atoms with Crippen molar-refractivity contribution in [1.29, 1.82) is 0 Å². The first kappa shape index (κ1) is 13.9. The molecular formula is C14H16BrN3O. The summed E-state index contributed by atoms with van der Waals surface area (Å²) in [5.41, 5.74) is 1.66. The Kier molecular flexibility index (Phi) is 4.14. The van der Waals surface area contributed by atoms with E-state index in [0.717, 1.165) is 11.9 Å². The molecule has 0 bridgehead atoms. The lowest BCUT2D eigenvalue weighted by atomic mass is 10.0. The van der Waals surface area contributed by atoms with Gasteiger partial charge >= 0.3 is 0 Å². The summed E-state index contributed by atoms with van der Waals surface area (Å²) in [5.74, 6) is -0.116. The van der Waals surface area contributed by atoms with Gasteiger partial charge in [0.1, 0.15) is 5.52 Å². The molecular weight excluding hydrogens is 306 g/mol. The number of amides is 1. The quantitative estimate of drug-likeness (QED) is 0.881. The Morgan fingerprint density at radius 2 is 2.11 bits per heavy atom. The highest BCUT2D eigenvalue weighted by Gasteiger charge is 2.24. The molecule has 0 fully saturated rings. The van der Waals surface area contributed by atoms with E-state index in [0.29, 0.717) is 16.4 Å². The van der Waals surface area contributed by atoms with Crippen molar-refractivity contribution in [1.82, 2.24) is 15.3 Å². The Labute approximate surface area is 120 Å². The molecule has 0 aliphatic rings. The van der Waals surface area contributed by atoms with Gasteiger partial charge in [-0.15, -0.1) is 0 Å². The minimum absolute atomic E-state index is 0.116. The highest BCUT2D eigenvalue weighted by molar-refractivity contribution is 9.09. The number of carbonyl (C=O) groups is 1. The average molecular weight is 322 g/mol. The molecule has 2 aromatic rings. The number of alkyl halides is 1. The normalized spacial score (nSPS) is 14.1. The minimum Gasteiger partial charge on any atom is -0.346 e. The second kappa shape index (κ2) is 5.65. The Balaban J connectivity index is 2.37. The van der Waals surface area contributed by atoms with E-state index in [1.54, 1.807) is 18.5 Å². The van der Waals surface area contributed by atoms with Crippen molar-refractivity contribution in [2.45, 2.75) is 25.8 Å². The first-order valence-corrected chi connectivity index (χ1v) is 7.30. The van der Waals surface area contributed by atoms with Crippen LogP contribution >= 0.6 is 15.9 Å². The third-order valence-electron chi connectivity index (χ3n) is 3.23. The molecule has 1 N–H and O–H groups in total. The SMILES string of the molecule is CCC(C)(CBr)NC(=O)c1cccc2nccnc12. The number of hydrogen-bond acceptors (Lipinski definition) is 3. The van der Waals surface area contributed by atoms with E-state index in [-0.39, 0.29) is 11.4 Å². The molecule has 2 rings (SSSR count). The first-order chi connectivity index (χ1) is 9.09. The summed E-state index contributed by atoms with van der Waals surface area (Å²) in [6, 6.07) is 5.45. The van der Waals surface area contributed by atoms with Crippen molar-refractivity contribution < 1.29 is 4.79 Å². The Morgan fingerprint density at radius 3 is 2.79 bits per heavy atom. The van der Waals surface area contributed by atoms with Crippen LogP contribution in [0.2, 0.25) is 0 Å². The van der Waals surface area contributed by atoms with Crippen LogP contribution in [0.5, 0.6) is 0 Å². The smallest absolute Gasteiger partial charge is 0.254 e. The molecule has 0 saturated carbocycles. The number of benzene rings is 1. The first-order valence-electron chi connectivity index (χ1n) is 6.18. The summed E-state index contributed by atoms with van der Waals surface area (Å²) in [7, 11) is 0. The largest absolute Gasteiger partial charge is 0.346 e. The van der Waals surface area contributed by atoms with Crippen molar-refractivity contribution in [2.75, 3.05) is 5.33 Å². The molecule has 4 nitrogen and oxygen atoms in total. The van der Waals surface area contributed by atoms with Gasteiger partial charge in [-0.2, -0.15) is 0 Å². The fourth-order valence-electron chi connectivity index (χ4n) is 1.73. The number of nitrogens with zero attached hydrogens (tertiary/aromatic N) is 2. The molecule has 1 atom stereocenters. The lowest BCUT2D eigenvalue weighted by Gasteiger charge is -2.27. The van der Waals surface area contributed by atoms with Gasteiger partial charge in [0, 0.05) is 23.3 Å². The van der Waals surface area contributed by atoms with E-state index in [1.165, 1.54) is 0 Å². The maximum Gasteiger partial charge on any atom is 0.254 e. The van der Waals surface area contributed by atoms with Crippen LogP contribution < -0.4 is 5.32 Å². The molecule has 5 heteroatoms. The number of fused-ring (bicyclic) bond motifs is 1. The number of rotatable bonds is 4. The maximum atomic E-state index is 12.4. The second-order valence-corrected chi connectivity index (χ2v) is 5.29. The fraction of sp³-hybridized carbons (Fsp3) is 0.357. The lowest BCUT2D eigenvalue weighted by molar-refractivity contribution is 0.0915. The van der Waals surface area contributed by atoms with Crippen molar-refractivity contribution in [3.8, 4) is 0 Å². The molecule has 1 amide bonds. The third kappa shape index (κ3) is 2.92. The van der Waals surface area contributed by atoms with E-state index in [1.807, 2.05) is 26.0 Å². The topological polar surface area (TPSA) is 54.9 Å². The molecule has 19 heavy (non-hydrogen) atoms. The molecule has 1 unspecified atom stereocenters. The van der Waals surface area contributed by atoms with Gasteiger partial charge in [-0.05, 0) is 25.5 Å². The van der Waals surface area contributed by atoms with Crippen LogP contribution in [-0.4, -0.2) is 26.7 Å². The van der Waals surface area contributed by atoms with Gasteiger partial charge in [-0.1, -0.05) is 28.9 Å². The summed E-state index contributed by atoms with van der Waals surface area (Å²) in [6.45, 7) is 4.06. The Hall–Kier alpha value is -1.49. The molecule has 1 aromatic carbocycles. The van der Waals surface area contributed by atoms with Crippen LogP contribution in [0.4, 0.5) is 0 Å². The van der Waals surface area contributed by atoms with Crippen LogP contribution in [0.3, 0.4) is 0 Å². The maximum absolute atomic E-state index is 12.4. The van der Waals surface area contributed by atoms with Crippen molar-refractivity contribution in [3.05, 3.63) is 36.2 Å². The monoisotopic (exact) mass is 321 g/mol. The Morgan fingerprint density at radius 1 is 1.37 bits per heavy atom. The number of nitrogens with one attached hydrogen (secondary N) is 1. The molecule has 0 radical (unpaired) electrons. The van der Waals surface area contributed by atoms with Gasteiger partial charge in [0.2, 0.25) is 0 Å². The van der Waals surface area contributed by atoms with Crippen LogP contribution in [0.15, 0.2) is 30.6 Å². The van der Waals surface area contributed by atoms with Crippen molar-refractivity contribution in [2.24, 2.45) is 0 Å². The van der Waals surface area contributed by atoms with Crippen LogP contribution in [0.1, 0.15) is 30.6 Å². The molecule has 0 aliphatic carbocycles. The highest BCUT2D eigenvalue weighted by Crippen LogP contribution is 2.17. The molecule has 0 saturated heterocycles. The van der Waals surface area contributed by atoms with Gasteiger partial charge in [-0.25, -0.2) is 0 Å². The Bertz CT molecular complexity index is 591. The number of halogens is 1. The van der Waals surface area contributed by atoms with E-state index < -0.39 is 0 Å². The molecule has 0 spiro atoms. The average Bonchev–Trinajstić information content (AvgIpc) is 2.46. The standard InChI is InChI=1S/C14H16BrN3O/c1-3-14(2,9-15)18-13(19)10-5-4-6-11-12(10)17-8-7-16-11/h4-8H,3,9H2,1-2H3,(H,18,19). The number of hydrogen-bond donors (Lipinski definition) is 1. The summed E-state index contributed by atoms with van der Waals surface area (Å²) in [6.07, 6.45) is 4.07. The van der Waals surface area contributed by atoms with Gasteiger partial charge in [0.05, 0.1) is 11.1 Å². The van der Waals surface area contributed by atoms with E-state index in [9.17, 15) is 4.79 Å². The number of para-hydroxylation sites is 1. The van der Waals surface area contributed by atoms with Gasteiger partial charge in [0.25, 0.3) is 5.91 Å². The molecule has 0 aliphatic heterocycles. The van der Waals surface area contributed by atoms with E-state index in [4.69, 9.17) is 0 Å². The van der Waals surface area contributed by atoms with Gasteiger partial charge < -0.3 is 5.32 Å². The summed E-state index contributed by atoms with van der Waals surface area (Å²) in [4.78, 5) is 20.9. The van der Waals surface area contributed by atoms with Crippen LogP contribution in [-0.2, 0) is 0 Å². The lowest BCUT2D eigenvalue weighted by Crippen LogP contribution is -2.47. The predicted molar refractivity (Wildman–Crippen MR) is 79.5 cm³/mol. The summed E-state index contributed by atoms with van der Waals surface area (Å²) < 4.78 is 0. The number of aromatic nitrogens is 2. The summed E-state index contributed by atoms with van der Waals surface area (Å²) >= 11 is 3.44. The minimum atomic E-state index is -0.262. The van der Waals surface area contributed by atoms with Gasteiger partial charge in [0.15, 0.2) is 0 Å². The third-order valence-corrected chi connectivity index (χ3v) is 4.47. The van der Waals surface area contributed by atoms with Gasteiger partial charge in [-0.3, -0.25) is 14.8 Å². The van der Waals surface area contributed by atoms with Crippen LogP contribution in [0.25, 0.3) is 11.0 Å². The number of carbonyl (C=O) groups excluding carboxylic acids is 1. The molecule has 100 valence electrons. The zero-order valence-corrected chi connectivity index (χ0v) is 12.6. The zero-order valence-electron chi connectivity index (χ0n) is 11.0. The van der Waals surface area contributed by atoms with Crippen molar-refractivity contribution >= 4 is 32.9 Å².